The van der Waals surface area contributed by atoms with Crippen molar-refractivity contribution in [3.63, 3.8) is 0 Å². The van der Waals surface area contributed by atoms with Crippen molar-refractivity contribution in [1.29, 1.82) is 0 Å². The molecule has 1 fully saturated rings. The van der Waals surface area contributed by atoms with Gasteiger partial charge in [-0.15, -0.1) is 0 Å². The smallest absolute Gasteiger partial charge is 0.308 e. The van der Waals surface area contributed by atoms with E-state index in [1.165, 1.54) is 0 Å². The lowest BCUT2D eigenvalue weighted by atomic mass is 9.98. The molecular formula is C22H26N2O5. The summed E-state index contributed by atoms with van der Waals surface area (Å²) in [6.07, 6.45) is 0.273. The number of carboxylic acid groups (broad SMARTS) is 1. The second-order valence-electron chi connectivity index (χ2n) is 6.91. The minimum Gasteiger partial charge on any atom is -0.496 e. The molecule has 1 aliphatic rings. The van der Waals surface area contributed by atoms with E-state index in [2.05, 4.69) is 10.2 Å². The van der Waals surface area contributed by atoms with Crippen molar-refractivity contribution in [3.05, 3.63) is 59.7 Å². The first-order valence-electron chi connectivity index (χ1n) is 9.64. The largest absolute Gasteiger partial charge is 0.496 e. The monoisotopic (exact) mass is 398 g/mol. The first-order valence-corrected chi connectivity index (χ1v) is 9.64. The third kappa shape index (κ3) is 5.48. The number of aliphatic carboxylic acids is 1. The molecule has 154 valence electrons. The quantitative estimate of drug-likeness (QED) is 0.709. The number of ether oxygens (including phenoxy) is 2. The zero-order chi connectivity index (χ0) is 20.6. The van der Waals surface area contributed by atoms with E-state index < -0.39 is 11.9 Å². The van der Waals surface area contributed by atoms with Gasteiger partial charge in [0.05, 0.1) is 26.2 Å². The third-order valence-electron chi connectivity index (χ3n) is 5.02. The highest BCUT2D eigenvalue weighted by Gasteiger charge is 2.21. The van der Waals surface area contributed by atoms with Gasteiger partial charge in [-0.1, -0.05) is 18.2 Å². The number of amides is 1. The number of morpholine rings is 1. The number of hydrogen-bond donors (Lipinski definition) is 2. The summed E-state index contributed by atoms with van der Waals surface area (Å²) in [4.78, 5) is 26.3. The molecule has 1 unspecified atom stereocenters. The van der Waals surface area contributed by atoms with Crippen LogP contribution in [0.25, 0.3) is 0 Å². The highest BCUT2D eigenvalue weighted by molar-refractivity contribution is 5.94. The van der Waals surface area contributed by atoms with Crippen LogP contribution in [0.15, 0.2) is 48.5 Å². The standard InChI is InChI=1S/C22H26N2O5/c1-28-20-5-3-2-4-17(20)14-18(22(26)27)15-23-21(25)16-6-8-19(9-7-16)24-10-12-29-13-11-24/h2-9,18H,10-15H2,1H3,(H,23,25)(H,26,27). The maximum Gasteiger partial charge on any atom is 0.308 e. The van der Waals surface area contributed by atoms with Gasteiger partial charge in [0.1, 0.15) is 5.75 Å². The second kappa shape index (κ2) is 9.93. The molecule has 1 aliphatic heterocycles. The van der Waals surface area contributed by atoms with E-state index in [1.54, 1.807) is 25.3 Å². The first kappa shape index (κ1) is 20.7. The summed E-state index contributed by atoms with van der Waals surface area (Å²) < 4.78 is 10.6. The third-order valence-corrected chi connectivity index (χ3v) is 5.02. The molecule has 2 aromatic rings. The van der Waals surface area contributed by atoms with Gasteiger partial charge in [0.25, 0.3) is 5.91 Å². The Morgan fingerprint density at radius 1 is 1.14 bits per heavy atom. The van der Waals surface area contributed by atoms with Crippen LogP contribution in [0.3, 0.4) is 0 Å². The van der Waals surface area contributed by atoms with Gasteiger partial charge in [-0.25, -0.2) is 0 Å². The topological polar surface area (TPSA) is 88.1 Å². The van der Waals surface area contributed by atoms with Crippen molar-refractivity contribution in [2.24, 2.45) is 5.92 Å². The molecule has 1 saturated heterocycles. The van der Waals surface area contributed by atoms with Crippen LogP contribution in [0.2, 0.25) is 0 Å². The van der Waals surface area contributed by atoms with Gasteiger partial charge in [0, 0.05) is 30.9 Å². The highest BCUT2D eigenvalue weighted by Crippen LogP contribution is 2.21. The van der Waals surface area contributed by atoms with Gasteiger partial charge in [-0.2, -0.15) is 0 Å². The second-order valence-corrected chi connectivity index (χ2v) is 6.91. The number of nitrogens with zero attached hydrogens (tertiary/aromatic N) is 1. The average molecular weight is 398 g/mol. The van der Waals surface area contributed by atoms with Crippen LogP contribution in [-0.2, 0) is 16.0 Å². The normalized spacial score (nSPS) is 14.9. The molecule has 0 saturated carbocycles. The van der Waals surface area contributed by atoms with Gasteiger partial charge in [0.15, 0.2) is 0 Å². The predicted molar refractivity (Wildman–Crippen MR) is 110 cm³/mol. The number of para-hydroxylation sites is 1. The molecule has 0 aromatic heterocycles. The van der Waals surface area contributed by atoms with Crippen LogP contribution in [0.4, 0.5) is 5.69 Å². The number of carbonyl (C=O) groups excluding carboxylic acids is 1. The lowest BCUT2D eigenvalue weighted by Crippen LogP contribution is -2.36. The van der Waals surface area contributed by atoms with Crippen LogP contribution in [0.5, 0.6) is 5.75 Å². The maximum absolute atomic E-state index is 12.5. The summed E-state index contributed by atoms with van der Waals surface area (Å²) in [5.74, 6) is -1.35. The van der Waals surface area contributed by atoms with Crippen LogP contribution >= 0.6 is 0 Å². The molecule has 29 heavy (non-hydrogen) atoms. The Balaban J connectivity index is 1.59. The van der Waals surface area contributed by atoms with Gasteiger partial charge in [-0.05, 0) is 42.3 Å². The van der Waals surface area contributed by atoms with E-state index in [-0.39, 0.29) is 18.9 Å². The first-order chi connectivity index (χ1) is 14.1. The number of rotatable bonds is 8. The minimum absolute atomic E-state index is 0.0391. The van der Waals surface area contributed by atoms with Crippen molar-refractivity contribution >= 4 is 17.6 Å². The Morgan fingerprint density at radius 3 is 2.48 bits per heavy atom. The zero-order valence-electron chi connectivity index (χ0n) is 16.5. The lowest BCUT2D eigenvalue weighted by Gasteiger charge is -2.28. The Morgan fingerprint density at radius 2 is 1.83 bits per heavy atom. The SMILES string of the molecule is COc1ccccc1CC(CNC(=O)c1ccc(N2CCOCC2)cc1)C(=O)O. The molecule has 2 N–H and O–H groups in total. The molecule has 2 aromatic carbocycles. The lowest BCUT2D eigenvalue weighted by molar-refractivity contribution is -0.141. The number of nitrogens with one attached hydrogen (secondary N) is 1. The molecule has 1 amide bonds. The van der Waals surface area contributed by atoms with E-state index in [0.29, 0.717) is 24.5 Å². The minimum atomic E-state index is -0.959. The van der Waals surface area contributed by atoms with Gasteiger partial charge < -0.3 is 24.8 Å². The molecule has 7 nitrogen and oxygen atoms in total. The highest BCUT2D eigenvalue weighted by atomic mass is 16.5. The average Bonchev–Trinajstić information content (AvgIpc) is 2.77. The summed E-state index contributed by atoms with van der Waals surface area (Å²) in [6, 6.07) is 14.6. The van der Waals surface area contributed by atoms with E-state index >= 15 is 0 Å². The summed E-state index contributed by atoms with van der Waals surface area (Å²) in [7, 11) is 1.55. The fourth-order valence-electron chi connectivity index (χ4n) is 3.35. The molecule has 0 aliphatic carbocycles. The number of anilines is 1. The number of methoxy groups -OCH3 is 1. The van der Waals surface area contributed by atoms with Crippen molar-refractivity contribution in [1.82, 2.24) is 5.32 Å². The van der Waals surface area contributed by atoms with E-state index in [4.69, 9.17) is 9.47 Å². The van der Waals surface area contributed by atoms with Crippen LogP contribution in [-0.4, -0.2) is 56.9 Å². The summed E-state index contributed by atoms with van der Waals surface area (Å²) in [5.41, 5.74) is 2.35. The molecule has 0 spiro atoms. The number of benzene rings is 2. The maximum atomic E-state index is 12.5. The molecule has 1 atom stereocenters. The summed E-state index contributed by atoms with van der Waals surface area (Å²) >= 11 is 0. The van der Waals surface area contributed by atoms with E-state index in [1.807, 2.05) is 30.3 Å². The van der Waals surface area contributed by atoms with Crippen molar-refractivity contribution in [2.45, 2.75) is 6.42 Å². The predicted octanol–water partition coefficient (Wildman–Crippen LogP) is 2.21. The van der Waals surface area contributed by atoms with E-state index in [0.717, 1.165) is 24.3 Å². The van der Waals surface area contributed by atoms with Crippen molar-refractivity contribution < 1.29 is 24.2 Å². The molecular weight excluding hydrogens is 372 g/mol. The Labute approximate surface area is 170 Å². The fraction of sp³-hybridized carbons (Fsp3) is 0.364. The number of carbonyl (C=O) groups is 2. The molecule has 0 radical (unpaired) electrons. The van der Waals surface area contributed by atoms with Gasteiger partial charge >= 0.3 is 5.97 Å². The summed E-state index contributed by atoms with van der Waals surface area (Å²) in [5, 5.41) is 12.3. The van der Waals surface area contributed by atoms with Crippen molar-refractivity contribution in [3.8, 4) is 5.75 Å². The Hall–Kier alpha value is -3.06. The zero-order valence-corrected chi connectivity index (χ0v) is 16.5. The molecule has 0 bridgehead atoms. The number of hydrogen-bond acceptors (Lipinski definition) is 5. The molecule has 7 heteroatoms. The van der Waals surface area contributed by atoms with Gasteiger partial charge in [-0.3, -0.25) is 9.59 Å². The van der Waals surface area contributed by atoms with Crippen LogP contribution < -0.4 is 15.0 Å². The molecule has 3 rings (SSSR count). The Bertz CT molecular complexity index is 831. The number of carboxylic acids is 1. The van der Waals surface area contributed by atoms with Crippen LogP contribution in [0.1, 0.15) is 15.9 Å². The Kier molecular flexibility index (Phi) is 7.08. The molecule has 1 heterocycles. The summed E-state index contributed by atoms with van der Waals surface area (Å²) in [6.45, 7) is 3.09. The van der Waals surface area contributed by atoms with E-state index in [9.17, 15) is 14.7 Å². The van der Waals surface area contributed by atoms with Crippen LogP contribution in [0, 0.1) is 5.92 Å². The fourth-order valence-corrected chi connectivity index (χ4v) is 3.35. The van der Waals surface area contributed by atoms with Crippen molar-refractivity contribution in [2.75, 3.05) is 44.9 Å². The van der Waals surface area contributed by atoms with Gasteiger partial charge in [0.2, 0.25) is 0 Å².